The Morgan fingerprint density at radius 1 is 1.33 bits per heavy atom. The number of anilines is 1. The molecule has 2 amide bonds. The largest absolute Gasteiger partial charge is 0.493 e. The number of aryl methyl sites for hydroxylation is 1. The number of hydrogen-bond donors (Lipinski definition) is 2. The SMILES string of the molecule is C/N=C/CC(=O)Nc1c2c(nn1-c1ccc(C)cn1)C[C@]1(CCOc3cc(OCC(F)(F)F)ccc31)NC2=O. The van der Waals surface area contributed by atoms with Crippen LogP contribution in [0.1, 0.15) is 40.0 Å². The van der Waals surface area contributed by atoms with E-state index in [2.05, 4.69) is 25.7 Å². The molecule has 2 N–H and O–H groups in total. The van der Waals surface area contributed by atoms with Crippen LogP contribution < -0.4 is 20.1 Å². The second kappa shape index (κ2) is 10.0. The van der Waals surface area contributed by atoms with Gasteiger partial charge in [-0.3, -0.25) is 9.59 Å². The molecular formula is C26H25F3N6O4. The van der Waals surface area contributed by atoms with Gasteiger partial charge in [0.2, 0.25) is 5.91 Å². The summed E-state index contributed by atoms with van der Waals surface area (Å²) in [5.41, 5.74) is 1.25. The van der Waals surface area contributed by atoms with Gasteiger partial charge in [-0.05, 0) is 30.7 Å². The van der Waals surface area contributed by atoms with Crippen molar-refractivity contribution in [2.45, 2.75) is 37.9 Å². The summed E-state index contributed by atoms with van der Waals surface area (Å²) >= 11 is 0. The van der Waals surface area contributed by atoms with Gasteiger partial charge in [-0.1, -0.05) is 6.07 Å². The summed E-state index contributed by atoms with van der Waals surface area (Å²) in [6.07, 6.45) is -0.711. The third-order valence-electron chi connectivity index (χ3n) is 6.49. The van der Waals surface area contributed by atoms with E-state index in [1.54, 1.807) is 25.4 Å². The fourth-order valence-electron chi connectivity index (χ4n) is 4.72. The summed E-state index contributed by atoms with van der Waals surface area (Å²) in [5.74, 6) is 0.0753. The Labute approximate surface area is 221 Å². The number of halogens is 3. The molecule has 0 saturated carbocycles. The van der Waals surface area contributed by atoms with E-state index in [9.17, 15) is 22.8 Å². The molecule has 5 rings (SSSR count). The second-order valence-corrected chi connectivity index (χ2v) is 9.34. The minimum Gasteiger partial charge on any atom is -0.493 e. The third-order valence-corrected chi connectivity index (χ3v) is 6.49. The zero-order valence-corrected chi connectivity index (χ0v) is 21.1. The number of pyridine rings is 1. The van der Waals surface area contributed by atoms with Gasteiger partial charge in [0.25, 0.3) is 5.91 Å². The minimum absolute atomic E-state index is 0.00120. The zero-order chi connectivity index (χ0) is 27.8. The van der Waals surface area contributed by atoms with Crippen molar-refractivity contribution in [3.63, 3.8) is 0 Å². The molecule has 3 aromatic rings. The quantitative estimate of drug-likeness (QED) is 0.460. The van der Waals surface area contributed by atoms with E-state index in [-0.39, 0.29) is 42.5 Å². The zero-order valence-electron chi connectivity index (χ0n) is 21.1. The Morgan fingerprint density at radius 3 is 2.87 bits per heavy atom. The van der Waals surface area contributed by atoms with Crippen molar-refractivity contribution >= 4 is 23.8 Å². The molecule has 10 nitrogen and oxygen atoms in total. The fraction of sp³-hybridized carbons (Fsp3) is 0.346. The first kappa shape index (κ1) is 26.2. The maximum absolute atomic E-state index is 13.6. The molecule has 2 aliphatic heterocycles. The molecule has 39 heavy (non-hydrogen) atoms. The number of nitrogens with zero attached hydrogens (tertiary/aromatic N) is 4. The number of carbonyl (C=O) groups is 2. The molecule has 0 bridgehead atoms. The van der Waals surface area contributed by atoms with E-state index in [1.807, 2.05) is 13.0 Å². The summed E-state index contributed by atoms with van der Waals surface area (Å²) in [7, 11) is 1.56. The minimum atomic E-state index is -4.48. The van der Waals surface area contributed by atoms with Crippen LogP contribution in [0.4, 0.5) is 19.0 Å². The topological polar surface area (TPSA) is 120 Å². The molecule has 1 spiro atoms. The molecule has 13 heteroatoms. The van der Waals surface area contributed by atoms with Gasteiger partial charge in [0, 0.05) is 43.9 Å². The fourth-order valence-corrected chi connectivity index (χ4v) is 4.72. The van der Waals surface area contributed by atoms with Crippen molar-refractivity contribution in [3.8, 4) is 17.3 Å². The van der Waals surface area contributed by atoms with Crippen LogP contribution in [0.15, 0.2) is 41.5 Å². The van der Waals surface area contributed by atoms with Gasteiger partial charge in [0.15, 0.2) is 18.2 Å². The van der Waals surface area contributed by atoms with E-state index in [1.165, 1.54) is 23.0 Å². The van der Waals surface area contributed by atoms with Gasteiger partial charge >= 0.3 is 6.18 Å². The molecule has 0 unspecified atom stereocenters. The van der Waals surface area contributed by atoms with Gasteiger partial charge in [-0.2, -0.15) is 23.0 Å². The van der Waals surface area contributed by atoms with Crippen LogP contribution in [0, 0.1) is 6.92 Å². The van der Waals surface area contributed by atoms with Crippen molar-refractivity contribution in [3.05, 3.63) is 58.9 Å². The third kappa shape index (κ3) is 5.29. The summed E-state index contributed by atoms with van der Waals surface area (Å²) in [4.78, 5) is 34.5. The Bertz CT molecular complexity index is 1450. The maximum atomic E-state index is 13.6. The highest BCUT2D eigenvalue weighted by Gasteiger charge is 2.46. The van der Waals surface area contributed by atoms with Crippen molar-refractivity contribution in [2.24, 2.45) is 4.99 Å². The van der Waals surface area contributed by atoms with Crippen molar-refractivity contribution in [1.82, 2.24) is 20.1 Å². The smallest absolute Gasteiger partial charge is 0.422 e. The first-order valence-electron chi connectivity index (χ1n) is 12.1. The van der Waals surface area contributed by atoms with Gasteiger partial charge in [0.1, 0.15) is 17.1 Å². The van der Waals surface area contributed by atoms with Crippen LogP contribution in [0.25, 0.3) is 5.82 Å². The molecule has 0 radical (unpaired) electrons. The van der Waals surface area contributed by atoms with Gasteiger partial charge in [0.05, 0.1) is 24.3 Å². The monoisotopic (exact) mass is 542 g/mol. The van der Waals surface area contributed by atoms with Crippen LogP contribution in [-0.2, 0) is 16.8 Å². The standard InChI is InChI=1S/C26H25F3N6O4/c1-15-3-6-20(31-13-15)35-23(32-21(36)7-9-30-2)22-18(34-35)12-25(33-24(22)37)8-10-38-19-11-16(4-5-17(19)25)39-14-26(27,28)29/h3-6,9,11,13H,7-8,10,12,14H2,1-2H3,(H,32,36)(H,33,37)/b30-9+/t25-/m0/s1. The number of aliphatic imine (C=N–C) groups is 1. The van der Waals surface area contributed by atoms with E-state index in [0.717, 1.165) is 5.56 Å². The lowest BCUT2D eigenvalue weighted by Crippen LogP contribution is -2.53. The predicted molar refractivity (Wildman–Crippen MR) is 135 cm³/mol. The number of carbonyl (C=O) groups excluding carboxylic acids is 2. The Kier molecular flexibility index (Phi) is 6.74. The summed E-state index contributed by atoms with van der Waals surface area (Å²) in [6, 6.07) is 7.97. The van der Waals surface area contributed by atoms with E-state index in [0.29, 0.717) is 29.2 Å². The first-order chi connectivity index (χ1) is 18.6. The number of ether oxygens (including phenoxy) is 2. The lowest BCUT2D eigenvalue weighted by molar-refractivity contribution is -0.153. The molecule has 4 heterocycles. The number of fused-ring (bicyclic) bond motifs is 3. The van der Waals surface area contributed by atoms with Crippen molar-refractivity contribution in [1.29, 1.82) is 0 Å². The van der Waals surface area contributed by atoms with Crippen LogP contribution in [0.3, 0.4) is 0 Å². The molecule has 0 aliphatic carbocycles. The summed E-state index contributed by atoms with van der Waals surface area (Å²) in [5, 5.41) is 10.5. The highest BCUT2D eigenvalue weighted by Crippen LogP contribution is 2.44. The van der Waals surface area contributed by atoms with Gasteiger partial charge in [-0.15, -0.1) is 0 Å². The van der Waals surface area contributed by atoms with Gasteiger partial charge < -0.3 is 25.1 Å². The van der Waals surface area contributed by atoms with E-state index in [4.69, 9.17) is 9.47 Å². The molecule has 1 atom stereocenters. The second-order valence-electron chi connectivity index (χ2n) is 9.34. The molecule has 2 aromatic heterocycles. The molecule has 0 fully saturated rings. The molecular weight excluding hydrogens is 517 g/mol. The molecule has 2 aliphatic rings. The maximum Gasteiger partial charge on any atom is 0.422 e. The first-order valence-corrected chi connectivity index (χ1v) is 12.1. The Morgan fingerprint density at radius 2 is 2.15 bits per heavy atom. The Hall–Kier alpha value is -4.42. The van der Waals surface area contributed by atoms with Gasteiger partial charge in [-0.25, -0.2) is 4.98 Å². The van der Waals surface area contributed by atoms with Crippen molar-refractivity contribution < 1.29 is 32.2 Å². The number of nitrogens with one attached hydrogen (secondary N) is 2. The molecule has 0 saturated heterocycles. The van der Waals surface area contributed by atoms with E-state index < -0.39 is 24.2 Å². The van der Waals surface area contributed by atoms with Crippen LogP contribution >= 0.6 is 0 Å². The average molecular weight is 543 g/mol. The lowest BCUT2D eigenvalue weighted by Gasteiger charge is -2.41. The number of hydrogen-bond acceptors (Lipinski definition) is 7. The highest BCUT2D eigenvalue weighted by atomic mass is 19.4. The molecule has 204 valence electrons. The average Bonchev–Trinajstić information content (AvgIpc) is 3.24. The number of aromatic nitrogens is 3. The predicted octanol–water partition coefficient (Wildman–Crippen LogP) is 3.51. The van der Waals surface area contributed by atoms with Crippen molar-refractivity contribution in [2.75, 3.05) is 25.6 Å². The van der Waals surface area contributed by atoms with Crippen LogP contribution in [0.5, 0.6) is 11.5 Å². The normalized spacial score (nSPS) is 18.3. The number of rotatable bonds is 6. The highest BCUT2D eigenvalue weighted by molar-refractivity contribution is 6.07. The van der Waals surface area contributed by atoms with Crippen LogP contribution in [0.2, 0.25) is 0 Å². The number of amides is 2. The van der Waals surface area contributed by atoms with E-state index >= 15 is 0 Å². The molecule has 1 aromatic carbocycles. The Balaban J connectivity index is 1.53. The summed E-state index contributed by atoms with van der Waals surface area (Å²) in [6.45, 7) is 0.669. The number of alkyl halides is 3. The summed E-state index contributed by atoms with van der Waals surface area (Å²) < 4.78 is 49.9. The lowest BCUT2D eigenvalue weighted by atomic mass is 9.77. The van der Waals surface area contributed by atoms with Crippen LogP contribution in [-0.4, -0.2) is 59.2 Å². The number of benzene rings is 1.